The highest BCUT2D eigenvalue weighted by Gasteiger charge is 2.33. The Labute approximate surface area is 127 Å². The molecule has 0 rings (SSSR count). The number of hydrogen-bond donors (Lipinski definition) is 0. The molecule has 0 amide bonds. The molecule has 0 aliphatic heterocycles. The van der Waals surface area contributed by atoms with Gasteiger partial charge in [0.2, 0.25) is 0 Å². The lowest BCUT2D eigenvalue weighted by atomic mass is 9.83. The maximum Gasteiger partial charge on any atom is 0.311 e. The predicted molar refractivity (Wildman–Crippen MR) is 79.9 cm³/mol. The molecule has 0 spiro atoms. The Bertz CT molecular complexity index is 328. The summed E-state index contributed by atoms with van der Waals surface area (Å²) < 4.78 is 15.1. The highest BCUT2D eigenvalue weighted by molar-refractivity contribution is 5.78. The van der Waals surface area contributed by atoms with E-state index in [1.54, 1.807) is 27.9 Å². The molecule has 0 fully saturated rings. The van der Waals surface area contributed by atoms with Gasteiger partial charge in [-0.25, -0.2) is 0 Å². The summed E-state index contributed by atoms with van der Waals surface area (Å²) in [7, 11) is 5.37. The van der Waals surface area contributed by atoms with Gasteiger partial charge in [0.05, 0.1) is 17.9 Å². The van der Waals surface area contributed by atoms with Gasteiger partial charge in [-0.2, -0.15) is 0 Å². The highest BCUT2D eigenvalue weighted by Crippen LogP contribution is 2.27. The second-order valence-electron chi connectivity index (χ2n) is 6.09. The van der Waals surface area contributed by atoms with Crippen LogP contribution in [-0.2, 0) is 23.8 Å². The molecule has 0 bridgehead atoms. The van der Waals surface area contributed by atoms with Gasteiger partial charge in [0.25, 0.3) is 0 Å². The van der Waals surface area contributed by atoms with Crippen LogP contribution in [0.3, 0.4) is 0 Å². The van der Waals surface area contributed by atoms with Crippen LogP contribution in [0.4, 0.5) is 0 Å². The average Bonchev–Trinajstić information content (AvgIpc) is 2.37. The summed E-state index contributed by atoms with van der Waals surface area (Å²) in [6.45, 7) is 6.93. The van der Waals surface area contributed by atoms with Crippen LogP contribution in [0.2, 0.25) is 0 Å². The normalized spacial score (nSPS) is 13.1. The van der Waals surface area contributed by atoms with Crippen LogP contribution < -0.4 is 0 Å². The molecule has 0 aromatic heterocycles. The number of carbonyl (C=O) groups excluding carboxylic acids is 2. The monoisotopic (exact) mass is 303 g/mol. The maximum atomic E-state index is 12.0. The Kier molecular flexibility index (Phi) is 9.21. The molecule has 0 heterocycles. The van der Waals surface area contributed by atoms with E-state index >= 15 is 0 Å². The Balaban J connectivity index is 4.22. The smallest absolute Gasteiger partial charge is 0.311 e. The minimum absolute atomic E-state index is 0.223. The van der Waals surface area contributed by atoms with Crippen molar-refractivity contribution in [1.82, 2.24) is 4.90 Å². The van der Waals surface area contributed by atoms with Crippen molar-refractivity contribution in [2.45, 2.75) is 27.2 Å². The Morgan fingerprint density at radius 3 is 2.24 bits per heavy atom. The van der Waals surface area contributed by atoms with E-state index in [1.807, 2.05) is 19.0 Å². The maximum absolute atomic E-state index is 12.0. The van der Waals surface area contributed by atoms with Crippen molar-refractivity contribution in [1.29, 1.82) is 0 Å². The molecule has 0 saturated heterocycles. The number of esters is 2. The van der Waals surface area contributed by atoms with Gasteiger partial charge in [0, 0.05) is 13.7 Å². The van der Waals surface area contributed by atoms with Gasteiger partial charge < -0.3 is 19.1 Å². The van der Waals surface area contributed by atoms with Gasteiger partial charge in [-0.05, 0) is 34.4 Å². The van der Waals surface area contributed by atoms with E-state index in [0.29, 0.717) is 26.2 Å². The average molecular weight is 303 g/mol. The number of carbonyl (C=O) groups is 2. The summed E-state index contributed by atoms with van der Waals surface area (Å²) in [5, 5.41) is 0. The SMILES string of the molecule is COCCOC(=O)C(C)(C)CC(C)C(=O)OCCN(C)C. The van der Waals surface area contributed by atoms with Gasteiger partial charge in [-0.1, -0.05) is 6.92 Å². The fourth-order valence-electron chi connectivity index (χ4n) is 1.82. The second kappa shape index (κ2) is 9.73. The van der Waals surface area contributed by atoms with Crippen molar-refractivity contribution >= 4 is 11.9 Å². The molecule has 0 saturated carbocycles. The molecule has 0 aliphatic carbocycles. The molecule has 21 heavy (non-hydrogen) atoms. The van der Waals surface area contributed by atoms with Crippen molar-refractivity contribution in [2.75, 3.05) is 47.6 Å². The molecule has 1 atom stereocenters. The first-order chi connectivity index (χ1) is 9.70. The Morgan fingerprint density at radius 1 is 1.10 bits per heavy atom. The molecule has 0 aromatic rings. The standard InChI is InChI=1S/C15H29NO5/c1-12(13(17)20-8-7-16(4)5)11-15(2,3)14(18)21-10-9-19-6/h12H,7-11H2,1-6H3. The Morgan fingerprint density at radius 2 is 1.71 bits per heavy atom. The van der Waals surface area contributed by atoms with E-state index in [2.05, 4.69) is 0 Å². The molecular weight excluding hydrogens is 274 g/mol. The number of nitrogens with zero attached hydrogens (tertiary/aromatic N) is 1. The quantitative estimate of drug-likeness (QED) is 0.448. The van der Waals surface area contributed by atoms with E-state index in [-0.39, 0.29) is 24.5 Å². The summed E-state index contributed by atoms with van der Waals surface area (Å²) in [4.78, 5) is 25.8. The van der Waals surface area contributed by atoms with E-state index in [0.717, 1.165) is 0 Å². The zero-order valence-corrected chi connectivity index (χ0v) is 14.1. The zero-order valence-electron chi connectivity index (χ0n) is 14.1. The fourth-order valence-corrected chi connectivity index (χ4v) is 1.82. The largest absolute Gasteiger partial charge is 0.464 e. The molecular formula is C15H29NO5. The summed E-state index contributed by atoms with van der Waals surface area (Å²) in [6.07, 6.45) is 0.389. The van der Waals surface area contributed by atoms with E-state index in [9.17, 15) is 9.59 Å². The lowest BCUT2D eigenvalue weighted by Crippen LogP contribution is -2.32. The molecule has 0 aromatic carbocycles. The van der Waals surface area contributed by atoms with Crippen molar-refractivity contribution in [2.24, 2.45) is 11.3 Å². The molecule has 6 nitrogen and oxygen atoms in total. The fraction of sp³-hybridized carbons (Fsp3) is 0.867. The number of likely N-dealkylation sites (N-methyl/N-ethyl adjacent to an activating group) is 1. The van der Waals surface area contributed by atoms with E-state index in [1.165, 1.54) is 0 Å². The van der Waals surface area contributed by atoms with Gasteiger partial charge in [0.1, 0.15) is 13.2 Å². The summed E-state index contributed by atoms with van der Waals surface area (Å²) in [5.41, 5.74) is -0.728. The van der Waals surface area contributed by atoms with Crippen LogP contribution in [0.25, 0.3) is 0 Å². The molecule has 0 radical (unpaired) electrons. The summed E-state index contributed by atoms with van der Waals surface area (Å²) in [5.74, 6) is -0.959. The minimum Gasteiger partial charge on any atom is -0.464 e. The van der Waals surface area contributed by atoms with Crippen LogP contribution in [-0.4, -0.2) is 64.4 Å². The van der Waals surface area contributed by atoms with Crippen molar-refractivity contribution < 1.29 is 23.8 Å². The summed E-state index contributed by atoms with van der Waals surface area (Å²) in [6, 6.07) is 0. The van der Waals surface area contributed by atoms with Crippen LogP contribution in [0.15, 0.2) is 0 Å². The van der Waals surface area contributed by atoms with Crippen molar-refractivity contribution in [3.8, 4) is 0 Å². The minimum atomic E-state index is -0.728. The topological polar surface area (TPSA) is 65.1 Å². The molecule has 124 valence electrons. The van der Waals surface area contributed by atoms with Crippen LogP contribution in [0, 0.1) is 11.3 Å². The number of methoxy groups -OCH3 is 1. The highest BCUT2D eigenvalue weighted by atomic mass is 16.6. The third-order valence-electron chi connectivity index (χ3n) is 3.07. The summed E-state index contributed by atoms with van der Waals surface area (Å²) >= 11 is 0. The predicted octanol–water partition coefficient (Wildman–Crippen LogP) is 1.33. The van der Waals surface area contributed by atoms with Crippen molar-refractivity contribution in [3.63, 3.8) is 0 Å². The van der Waals surface area contributed by atoms with Gasteiger partial charge >= 0.3 is 11.9 Å². The molecule has 1 unspecified atom stereocenters. The zero-order chi connectivity index (χ0) is 16.5. The molecule has 0 N–H and O–H groups in total. The van der Waals surface area contributed by atoms with E-state index in [4.69, 9.17) is 14.2 Å². The van der Waals surface area contributed by atoms with Crippen LogP contribution >= 0.6 is 0 Å². The second-order valence-corrected chi connectivity index (χ2v) is 6.09. The van der Waals surface area contributed by atoms with Crippen LogP contribution in [0.5, 0.6) is 0 Å². The first-order valence-corrected chi connectivity index (χ1v) is 7.18. The third kappa shape index (κ3) is 8.67. The number of rotatable bonds is 10. The lowest BCUT2D eigenvalue weighted by molar-refractivity contribution is -0.158. The van der Waals surface area contributed by atoms with Crippen molar-refractivity contribution in [3.05, 3.63) is 0 Å². The molecule has 0 aliphatic rings. The third-order valence-corrected chi connectivity index (χ3v) is 3.07. The van der Waals surface area contributed by atoms with Gasteiger partial charge in [-0.3, -0.25) is 9.59 Å². The van der Waals surface area contributed by atoms with Crippen LogP contribution in [0.1, 0.15) is 27.2 Å². The van der Waals surface area contributed by atoms with Gasteiger partial charge in [0.15, 0.2) is 0 Å². The first kappa shape index (κ1) is 19.9. The Hall–Kier alpha value is -1.14. The lowest BCUT2D eigenvalue weighted by Gasteiger charge is -2.25. The number of ether oxygens (including phenoxy) is 3. The van der Waals surface area contributed by atoms with E-state index < -0.39 is 5.41 Å². The first-order valence-electron chi connectivity index (χ1n) is 7.18. The molecule has 6 heteroatoms. The van der Waals surface area contributed by atoms with Gasteiger partial charge in [-0.15, -0.1) is 0 Å². The number of hydrogen-bond acceptors (Lipinski definition) is 6.